The largest absolute Gasteiger partial charge is 0.491 e. The Labute approximate surface area is 134 Å². The second-order valence-electron chi connectivity index (χ2n) is 5.55. The molecule has 112 valence electrons. The number of hydrogen-bond acceptors (Lipinski definition) is 1. The Bertz CT molecular complexity index is 614. The molecule has 0 aliphatic carbocycles. The van der Waals surface area contributed by atoms with E-state index in [2.05, 4.69) is 22.0 Å². The topological polar surface area (TPSA) is 9.23 Å². The third-order valence-electron chi connectivity index (χ3n) is 3.33. The zero-order valence-corrected chi connectivity index (χ0v) is 14.4. The molecule has 2 aromatic carbocycles. The fourth-order valence-electron chi connectivity index (χ4n) is 2.51. The summed E-state index contributed by atoms with van der Waals surface area (Å²) in [6.45, 7) is 7.89. The lowest BCUT2D eigenvalue weighted by molar-refractivity contribution is 0.242. The van der Waals surface area contributed by atoms with Gasteiger partial charge in [-0.2, -0.15) is 0 Å². The zero-order chi connectivity index (χ0) is 15.6. The van der Waals surface area contributed by atoms with Crippen molar-refractivity contribution < 1.29 is 9.13 Å². The van der Waals surface area contributed by atoms with Crippen LogP contribution in [0.1, 0.15) is 40.9 Å². The molecule has 0 aliphatic rings. The minimum Gasteiger partial charge on any atom is -0.491 e. The van der Waals surface area contributed by atoms with E-state index in [1.165, 1.54) is 0 Å². The molecule has 0 N–H and O–H groups in total. The average molecular weight is 351 g/mol. The van der Waals surface area contributed by atoms with Crippen molar-refractivity contribution >= 4 is 15.9 Å². The Balaban J connectivity index is 2.38. The van der Waals surface area contributed by atoms with Crippen molar-refractivity contribution in [2.75, 3.05) is 0 Å². The average Bonchev–Trinajstić information content (AvgIpc) is 2.36. The maximum atomic E-state index is 13.4. The first-order valence-corrected chi connectivity index (χ1v) is 7.97. The van der Waals surface area contributed by atoms with Crippen molar-refractivity contribution in [3.8, 4) is 5.75 Å². The quantitative estimate of drug-likeness (QED) is 0.641. The first-order valence-electron chi connectivity index (χ1n) is 7.06. The Morgan fingerprint density at radius 2 is 1.67 bits per heavy atom. The van der Waals surface area contributed by atoms with E-state index in [1.807, 2.05) is 45.9 Å². The van der Waals surface area contributed by atoms with Gasteiger partial charge in [0.15, 0.2) is 0 Å². The summed E-state index contributed by atoms with van der Waals surface area (Å²) >= 11 is 3.74. The van der Waals surface area contributed by atoms with Crippen LogP contribution >= 0.6 is 15.9 Å². The number of benzene rings is 2. The summed E-state index contributed by atoms with van der Waals surface area (Å²) in [5.41, 5.74) is 4.11. The monoisotopic (exact) mass is 350 g/mol. The highest BCUT2D eigenvalue weighted by Gasteiger charge is 2.17. The Hall–Kier alpha value is -1.35. The summed E-state index contributed by atoms with van der Waals surface area (Å²) in [4.78, 5) is 0.0220. The van der Waals surface area contributed by atoms with Crippen molar-refractivity contribution in [1.82, 2.24) is 0 Å². The molecule has 0 aromatic heterocycles. The maximum Gasteiger partial charge on any atom is 0.123 e. The van der Waals surface area contributed by atoms with Crippen molar-refractivity contribution in [2.24, 2.45) is 0 Å². The lowest BCUT2D eigenvalue weighted by atomic mass is 9.96. The van der Waals surface area contributed by atoms with E-state index in [1.54, 1.807) is 12.1 Å². The predicted molar refractivity (Wildman–Crippen MR) is 88.9 cm³/mol. The van der Waals surface area contributed by atoms with Gasteiger partial charge in [0.1, 0.15) is 11.6 Å². The van der Waals surface area contributed by atoms with Gasteiger partial charge < -0.3 is 4.74 Å². The number of alkyl halides is 1. The van der Waals surface area contributed by atoms with Crippen molar-refractivity contribution in [3.63, 3.8) is 0 Å². The Morgan fingerprint density at radius 3 is 2.24 bits per heavy atom. The zero-order valence-electron chi connectivity index (χ0n) is 12.8. The molecule has 1 unspecified atom stereocenters. The van der Waals surface area contributed by atoms with E-state index in [0.717, 1.165) is 28.0 Å². The van der Waals surface area contributed by atoms with Crippen LogP contribution in [0, 0.1) is 19.7 Å². The van der Waals surface area contributed by atoms with E-state index in [4.69, 9.17) is 4.74 Å². The van der Waals surface area contributed by atoms with Gasteiger partial charge in [0.25, 0.3) is 0 Å². The van der Waals surface area contributed by atoms with E-state index in [-0.39, 0.29) is 16.7 Å². The number of rotatable bonds is 4. The molecule has 2 aromatic rings. The van der Waals surface area contributed by atoms with Gasteiger partial charge in [0.2, 0.25) is 0 Å². The van der Waals surface area contributed by atoms with Crippen LogP contribution in [0.25, 0.3) is 0 Å². The molecule has 0 saturated carbocycles. The molecule has 1 atom stereocenters. The number of hydrogen-bond donors (Lipinski definition) is 0. The lowest BCUT2D eigenvalue weighted by Gasteiger charge is -2.18. The Morgan fingerprint density at radius 1 is 1.05 bits per heavy atom. The molecular formula is C18H20BrFO. The summed E-state index contributed by atoms with van der Waals surface area (Å²) < 4.78 is 19.2. The molecule has 0 amide bonds. The second-order valence-corrected chi connectivity index (χ2v) is 6.47. The number of halogens is 2. The van der Waals surface area contributed by atoms with Gasteiger partial charge in [-0.1, -0.05) is 28.1 Å². The van der Waals surface area contributed by atoms with Crippen LogP contribution in [0.3, 0.4) is 0 Å². The highest BCUT2D eigenvalue weighted by atomic mass is 79.9. The van der Waals surface area contributed by atoms with Crippen molar-refractivity contribution in [3.05, 3.63) is 64.5 Å². The van der Waals surface area contributed by atoms with Crippen LogP contribution in [-0.4, -0.2) is 6.10 Å². The summed E-state index contributed by atoms with van der Waals surface area (Å²) in [6.07, 6.45) is 0.142. The van der Waals surface area contributed by atoms with Gasteiger partial charge >= 0.3 is 0 Å². The molecule has 21 heavy (non-hydrogen) atoms. The van der Waals surface area contributed by atoms with Gasteiger partial charge in [-0.3, -0.25) is 0 Å². The van der Waals surface area contributed by atoms with Gasteiger partial charge in [-0.05, 0) is 74.2 Å². The van der Waals surface area contributed by atoms with E-state index >= 15 is 0 Å². The maximum absolute atomic E-state index is 13.4. The molecule has 0 bridgehead atoms. The SMILES string of the molecule is Cc1cc(F)cc(C)c1C(Br)c1cccc(OC(C)C)c1. The minimum absolute atomic E-state index is 0.0220. The van der Waals surface area contributed by atoms with Gasteiger partial charge in [0.05, 0.1) is 10.9 Å². The highest BCUT2D eigenvalue weighted by Crippen LogP contribution is 2.36. The van der Waals surface area contributed by atoms with Crippen molar-refractivity contribution in [2.45, 2.75) is 38.6 Å². The highest BCUT2D eigenvalue weighted by molar-refractivity contribution is 9.09. The van der Waals surface area contributed by atoms with Crippen LogP contribution in [0.4, 0.5) is 4.39 Å². The molecule has 0 fully saturated rings. The van der Waals surface area contributed by atoms with Crippen LogP contribution in [0.5, 0.6) is 5.75 Å². The lowest BCUT2D eigenvalue weighted by Crippen LogP contribution is -2.06. The predicted octanol–water partition coefficient (Wildman–Crippen LogP) is 5.71. The molecule has 0 radical (unpaired) electrons. The van der Waals surface area contributed by atoms with Crippen LogP contribution in [-0.2, 0) is 0 Å². The third-order valence-corrected chi connectivity index (χ3v) is 4.32. The van der Waals surface area contributed by atoms with Crippen LogP contribution < -0.4 is 4.74 Å². The molecule has 0 saturated heterocycles. The molecule has 0 spiro atoms. The number of aryl methyl sites for hydroxylation is 2. The molecular weight excluding hydrogens is 331 g/mol. The van der Waals surface area contributed by atoms with E-state index in [9.17, 15) is 4.39 Å². The fraction of sp³-hybridized carbons (Fsp3) is 0.333. The van der Waals surface area contributed by atoms with Crippen LogP contribution in [0.2, 0.25) is 0 Å². The second kappa shape index (κ2) is 6.61. The minimum atomic E-state index is -0.189. The smallest absolute Gasteiger partial charge is 0.123 e. The summed E-state index contributed by atoms with van der Waals surface area (Å²) in [5, 5.41) is 0. The summed E-state index contributed by atoms with van der Waals surface area (Å²) in [7, 11) is 0. The fourth-order valence-corrected chi connectivity index (χ4v) is 3.51. The van der Waals surface area contributed by atoms with Crippen LogP contribution in [0.15, 0.2) is 36.4 Å². The third kappa shape index (κ3) is 3.85. The normalized spacial score (nSPS) is 12.5. The molecule has 2 rings (SSSR count). The number of ether oxygens (including phenoxy) is 1. The molecule has 0 heterocycles. The van der Waals surface area contributed by atoms with E-state index < -0.39 is 0 Å². The van der Waals surface area contributed by atoms with Crippen molar-refractivity contribution in [1.29, 1.82) is 0 Å². The first-order chi connectivity index (χ1) is 9.88. The molecule has 1 nitrogen and oxygen atoms in total. The van der Waals surface area contributed by atoms with Gasteiger partial charge in [-0.25, -0.2) is 4.39 Å². The Kier molecular flexibility index (Phi) is 5.04. The van der Waals surface area contributed by atoms with Gasteiger partial charge in [0, 0.05) is 0 Å². The summed E-state index contributed by atoms with van der Waals surface area (Å²) in [5.74, 6) is 0.662. The summed E-state index contributed by atoms with van der Waals surface area (Å²) in [6, 6.07) is 11.2. The standard InChI is InChI=1S/C18H20BrFO/c1-11(2)21-16-7-5-6-14(10-16)18(19)17-12(3)8-15(20)9-13(17)4/h5-11,18H,1-4H3. The van der Waals surface area contributed by atoms with E-state index in [0.29, 0.717) is 0 Å². The molecule has 0 aliphatic heterocycles. The first kappa shape index (κ1) is 16.0. The molecule has 3 heteroatoms. The van der Waals surface area contributed by atoms with Gasteiger partial charge in [-0.15, -0.1) is 0 Å².